The third kappa shape index (κ3) is 3.51. The number of anilines is 2. The number of hydrogen-bond donors (Lipinski definition) is 2. The Labute approximate surface area is 179 Å². The molecule has 0 saturated carbocycles. The quantitative estimate of drug-likeness (QED) is 0.691. The molecule has 7 nitrogen and oxygen atoms in total. The summed E-state index contributed by atoms with van der Waals surface area (Å²) in [4.78, 5) is 31.1. The molecular formula is C21H19F4N3O4. The van der Waals surface area contributed by atoms with Crippen LogP contribution in [-0.4, -0.2) is 52.3 Å². The zero-order valence-electron chi connectivity index (χ0n) is 17.0. The second-order valence-electron chi connectivity index (χ2n) is 7.91. The molecule has 2 heterocycles. The predicted molar refractivity (Wildman–Crippen MR) is 104 cm³/mol. The van der Waals surface area contributed by atoms with Crippen LogP contribution < -0.4 is 9.80 Å². The van der Waals surface area contributed by atoms with Gasteiger partial charge in [-0.1, -0.05) is 0 Å². The lowest BCUT2D eigenvalue weighted by atomic mass is 9.88. The third-order valence-electron chi connectivity index (χ3n) is 5.81. The summed E-state index contributed by atoms with van der Waals surface area (Å²) in [5.41, 5.74) is 0.339. The Kier molecular flexibility index (Phi) is 5.21. The van der Waals surface area contributed by atoms with E-state index in [9.17, 15) is 37.4 Å². The molecule has 2 aliphatic rings. The molecule has 3 unspecified atom stereocenters. The maximum absolute atomic E-state index is 14.5. The summed E-state index contributed by atoms with van der Waals surface area (Å²) in [5.74, 6) is -3.42. The maximum atomic E-state index is 14.5. The van der Waals surface area contributed by atoms with Crippen LogP contribution in [0.4, 0.5) is 29.1 Å². The summed E-state index contributed by atoms with van der Waals surface area (Å²) < 4.78 is 54.3. The van der Waals surface area contributed by atoms with Crippen LogP contribution in [0.2, 0.25) is 0 Å². The van der Waals surface area contributed by atoms with Crippen molar-refractivity contribution in [1.82, 2.24) is 4.98 Å². The van der Waals surface area contributed by atoms with Crippen LogP contribution in [0.15, 0.2) is 24.3 Å². The van der Waals surface area contributed by atoms with Crippen LogP contribution in [0.25, 0.3) is 0 Å². The first kappa shape index (κ1) is 22.2. The van der Waals surface area contributed by atoms with Crippen molar-refractivity contribution in [1.29, 1.82) is 0 Å². The normalized spacial score (nSPS) is 22.6. The number of hydrogen-bond acceptors (Lipinski definition) is 5. The smallest absolute Gasteiger partial charge is 0.387 e. The number of fused-ring (bicyclic) bond motifs is 1. The minimum absolute atomic E-state index is 0.0912. The van der Waals surface area contributed by atoms with E-state index in [0.717, 1.165) is 22.1 Å². The Hall–Kier alpha value is -3.05. The van der Waals surface area contributed by atoms with Gasteiger partial charge in [-0.25, -0.2) is 9.37 Å². The number of carbonyl (C=O) groups is 2. The summed E-state index contributed by atoms with van der Waals surface area (Å²) >= 11 is 0. The van der Waals surface area contributed by atoms with E-state index in [2.05, 4.69) is 4.98 Å². The van der Waals surface area contributed by atoms with E-state index in [1.54, 1.807) is 0 Å². The van der Waals surface area contributed by atoms with Crippen molar-refractivity contribution in [3.05, 3.63) is 52.5 Å². The van der Waals surface area contributed by atoms with Crippen LogP contribution >= 0.6 is 0 Å². The number of pyridine rings is 1. The van der Waals surface area contributed by atoms with E-state index < -0.39 is 53.4 Å². The molecule has 11 heteroatoms. The number of rotatable bonds is 3. The molecule has 0 spiro atoms. The largest absolute Gasteiger partial charge is 0.416 e. The van der Waals surface area contributed by atoms with Gasteiger partial charge in [0.15, 0.2) is 6.10 Å². The van der Waals surface area contributed by atoms with E-state index >= 15 is 0 Å². The number of nitrogens with zero attached hydrogens (tertiary/aromatic N) is 3. The molecule has 1 aromatic heterocycles. The summed E-state index contributed by atoms with van der Waals surface area (Å²) in [6.45, 7) is 1.27. The lowest BCUT2D eigenvalue weighted by Crippen LogP contribution is -2.50. The van der Waals surface area contributed by atoms with Crippen molar-refractivity contribution < 1.29 is 37.4 Å². The van der Waals surface area contributed by atoms with Crippen molar-refractivity contribution in [3.63, 3.8) is 0 Å². The van der Waals surface area contributed by atoms with Gasteiger partial charge >= 0.3 is 6.18 Å². The highest BCUT2D eigenvalue weighted by atomic mass is 19.4. The van der Waals surface area contributed by atoms with Crippen LogP contribution in [0, 0.1) is 12.7 Å². The van der Waals surface area contributed by atoms with Crippen LogP contribution in [0.3, 0.4) is 0 Å². The van der Waals surface area contributed by atoms with Gasteiger partial charge in [-0.3, -0.25) is 14.5 Å². The number of aromatic nitrogens is 1. The summed E-state index contributed by atoms with van der Waals surface area (Å²) in [5, 5.41) is 20.5. The Morgan fingerprint density at radius 3 is 2.38 bits per heavy atom. The standard InChI is InChI=1S/C21H19F4N3O4/c1-9-5-12(21(23,24)25)8-15(26-9)28-16(17(29)18(30)20(28)32)19(31)27(2)14-7-11-4-3-10(11)6-13(14)22/h5-8,16-18,29-30H,3-4H2,1-2H3. The number of alkyl halides is 3. The number of aliphatic hydroxyl groups is 2. The van der Waals surface area contributed by atoms with Gasteiger partial charge in [-0.2, -0.15) is 13.2 Å². The molecule has 1 aromatic carbocycles. The molecule has 0 bridgehead atoms. The molecule has 1 fully saturated rings. The minimum atomic E-state index is -4.76. The summed E-state index contributed by atoms with van der Waals surface area (Å²) in [6.07, 6.45) is -7.36. The fraction of sp³-hybridized carbons (Fsp3) is 0.381. The highest BCUT2D eigenvalue weighted by Crippen LogP contribution is 2.36. The topological polar surface area (TPSA) is 94.0 Å². The van der Waals surface area contributed by atoms with Crippen molar-refractivity contribution in [2.24, 2.45) is 0 Å². The van der Waals surface area contributed by atoms with Crippen LogP contribution in [0.5, 0.6) is 0 Å². The second-order valence-corrected chi connectivity index (χ2v) is 7.91. The average molecular weight is 453 g/mol. The molecule has 1 aliphatic carbocycles. The maximum Gasteiger partial charge on any atom is 0.416 e. The molecular weight excluding hydrogens is 434 g/mol. The Morgan fingerprint density at radius 1 is 1.16 bits per heavy atom. The van der Waals surface area contributed by atoms with Gasteiger partial charge in [0.1, 0.15) is 23.8 Å². The van der Waals surface area contributed by atoms with Gasteiger partial charge in [0.2, 0.25) is 0 Å². The second kappa shape index (κ2) is 7.52. The number of benzene rings is 1. The minimum Gasteiger partial charge on any atom is -0.387 e. The number of halogens is 4. The average Bonchev–Trinajstić information content (AvgIpc) is 2.92. The summed E-state index contributed by atoms with van der Waals surface area (Å²) in [7, 11) is 1.22. The molecule has 3 atom stereocenters. The van der Waals surface area contributed by atoms with E-state index in [1.807, 2.05) is 0 Å². The fourth-order valence-electron chi connectivity index (χ4n) is 3.98. The first-order chi connectivity index (χ1) is 14.9. The number of aryl methyl sites for hydroxylation is 3. The van der Waals surface area contributed by atoms with E-state index in [4.69, 9.17) is 0 Å². The predicted octanol–water partition coefficient (Wildman–Crippen LogP) is 1.75. The Balaban J connectivity index is 1.75. The van der Waals surface area contributed by atoms with E-state index in [1.165, 1.54) is 26.1 Å². The number of carbonyl (C=O) groups excluding carboxylic acids is 2. The van der Waals surface area contributed by atoms with Gasteiger partial charge in [0, 0.05) is 12.7 Å². The highest BCUT2D eigenvalue weighted by Gasteiger charge is 2.53. The SMILES string of the molecule is Cc1cc(C(F)(F)F)cc(N2C(=O)C(O)C(O)C2C(=O)N(C)c2cc3c(cc2F)CC3)n1. The van der Waals surface area contributed by atoms with Gasteiger partial charge in [-0.05, 0) is 55.2 Å². The van der Waals surface area contributed by atoms with Crippen molar-refractivity contribution in [2.75, 3.05) is 16.8 Å². The number of aliphatic hydroxyl groups excluding tert-OH is 2. The molecule has 2 amide bonds. The lowest BCUT2D eigenvalue weighted by molar-refractivity contribution is -0.137. The Bertz CT molecular complexity index is 1120. The van der Waals surface area contributed by atoms with Gasteiger partial charge in [-0.15, -0.1) is 0 Å². The molecule has 4 rings (SSSR count). The zero-order valence-corrected chi connectivity index (χ0v) is 17.0. The molecule has 170 valence electrons. The highest BCUT2D eigenvalue weighted by molar-refractivity contribution is 6.10. The van der Waals surface area contributed by atoms with Crippen LogP contribution in [0.1, 0.15) is 22.4 Å². The molecule has 32 heavy (non-hydrogen) atoms. The molecule has 2 aromatic rings. The monoisotopic (exact) mass is 453 g/mol. The van der Waals surface area contributed by atoms with E-state index in [-0.39, 0.29) is 11.4 Å². The third-order valence-corrected chi connectivity index (χ3v) is 5.81. The lowest BCUT2D eigenvalue weighted by Gasteiger charge is -2.30. The fourth-order valence-corrected chi connectivity index (χ4v) is 3.98. The van der Waals surface area contributed by atoms with Crippen molar-refractivity contribution in [2.45, 2.75) is 44.2 Å². The van der Waals surface area contributed by atoms with Crippen molar-refractivity contribution in [3.8, 4) is 0 Å². The van der Waals surface area contributed by atoms with E-state index in [0.29, 0.717) is 23.8 Å². The zero-order chi connectivity index (χ0) is 23.5. The van der Waals surface area contributed by atoms with Crippen LogP contribution in [-0.2, 0) is 28.6 Å². The molecule has 1 aliphatic heterocycles. The molecule has 2 N–H and O–H groups in total. The Morgan fingerprint density at radius 2 is 1.78 bits per heavy atom. The van der Waals surface area contributed by atoms with Crippen molar-refractivity contribution >= 4 is 23.3 Å². The van der Waals surface area contributed by atoms with Gasteiger partial charge < -0.3 is 15.1 Å². The number of amides is 2. The van der Waals surface area contributed by atoms with Gasteiger partial charge in [0.25, 0.3) is 11.8 Å². The number of likely N-dealkylation sites (N-methyl/N-ethyl adjacent to an activating group) is 1. The first-order valence-electron chi connectivity index (χ1n) is 9.74. The van der Waals surface area contributed by atoms with Gasteiger partial charge in [0.05, 0.1) is 11.3 Å². The summed E-state index contributed by atoms with van der Waals surface area (Å²) in [6, 6.07) is 2.28. The first-order valence-corrected chi connectivity index (χ1v) is 9.74. The molecule has 1 saturated heterocycles. The molecule has 0 radical (unpaired) electrons.